The molecular formula is C58H75N5O8S2. The van der Waals surface area contributed by atoms with Crippen molar-refractivity contribution in [3.63, 3.8) is 0 Å². The summed E-state index contributed by atoms with van der Waals surface area (Å²) in [6, 6.07) is 28.1. The van der Waals surface area contributed by atoms with Gasteiger partial charge in [-0.2, -0.15) is 0 Å². The van der Waals surface area contributed by atoms with E-state index < -0.39 is 0 Å². The van der Waals surface area contributed by atoms with Gasteiger partial charge in [-0.05, 0) is 90.2 Å². The fourth-order valence-electron chi connectivity index (χ4n) is 8.09. The van der Waals surface area contributed by atoms with Crippen molar-refractivity contribution in [1.29, 1.82) is 0 Å². The Labute approximate surface area is 440 Å². The molecule has 1 atom stereocenters. The van der Waals surface area contributed by atoms with Crippen LogP contribution in [0.25, 0.3) is 16.6 Å². The van der Waals surface area contributed by atoms with Gasteiger partial charge in [0.15, 0.2) is 23.0 Å². The van der Waals surface area contributed by atoms with E-state index in [4.69, 9.17) is 28.7 Å². The van der Waals surface area contributed by atoms with Crippen molar-refractivity contribution in [2.75, 3.05) is 44.3 Å². The molecule has 0 saturated carbocycles. The molecule has 0 spiro atoms. The zero-order valence-electron chi connectivity index (χ0n) is 44.8. The van der Waals surface area contributed by atoms with Gasteiger partial charge >= 0.3 is 0 Å². The number of aryl methyl sites for hydroxylation is 1. The van der Waals surface area contributed by atoms with Gasteiger partial charge in [-0.1, -0.05) is 120 Å². The Morgan fingerprint density at radius 1 is 0.753 bits per heavy atom. The summed E-state index contributed by atoms with van der Waals surface area (Å²) in [5.41, 5.74) is 6.58. The smallest absolute Gasteiger partial charge is 0.265 e. The predicted octanol–water partition coefficient (Wildman–Crippen LogP) is 13.2. The molecule has 0 unspecified atom stereocenters. The number of methoxy groups -OCH3 is 2. The van der Waals surface area contributed by atoms with Crippen LogP contribution in [-0.4, -0.2) is 73.0 Å². The second-order valence-electron chi connectivity index (χ2n) is 15.5. The highest BCUT2D eigenvalue weighted by Crippen LogP contribution is 2.41. The number of benzene rings is 5. The molecule has 2 aliphatic heterocycles. The van der Waals surface area contributed by atoms with Gasteiger partial charge in [-0.15, -0.1) is 0 Å². The number of para-hydroxylation sites is 2. The van der Waals surface area contributed by atoms with E-state index in [0.717, 1.165) is 45.8 Å². The van der Waals surface area contributed by atoms with Crippen LogP contribution in [0.2, 0.25) is 0 Å². The van der Waals surface area contributed by atoms with Crippen molar-refractivity contribution in [1.82, 2.24) is 14.9 Å². The molecule has 392 valence electrons. The van der Waals surface area contributed by atoms with Crippen LogP contribution in [0.3, 0.4) is 0 Å². The number of amides is 2. The number of hydrogen-bond acceptors (Lipinski definition) is 12. The van der Waals surface area contributed by atoms with Crippen molar-refractivity contribution in [2.24, 2.45) is 4.99 Å². The fourth-order valence-corrected chi connectivity index (χ4v) is 9.19. The number of ether oxygens (including phenoxy) is 5. The average molecular weight is 1030 g/mol. The molecular weight excluding hydrogens is 959 g/mol. The monoisotopic (exact) mass is 1030 g/mol. The van der Waals surface area contributed by atoms with Crippen LogP contribution in [0.4, 0.5) is 11.4 Å². The molecule has 1 aromatic heterocycles. The minimum absolute atomic E-state index is 0.0334. The zero-order chi connectivity index (χ0) is 53.3. The number of carbonyl (C=O) groups excluding carboxylic acids is 2. The van der Waals surface area contributed by atoms with E-state index in [-0.39, 0.29) is 36.6 Å². The second-order valence-corrected chi connectivity index (χ2v) is 18.2. The quantitative estimate of drug-likeness (QED) is 0.0576. The summed E-state index contributed by atoms with van der Waals surface area (Å²) in [5.74, 6) is 3.00. The molecule has 5 aromatic carbocycles. The molecule has 13 nitrogen and oxygen atoms in total. The lowest BCUT2D eigenvalue weighted by molar-refractivity contribution is -0.121. The van der Waals surface area contributed by atoms with E-state index in [1.54, 1.807) is 68.8 Å². The fraction of sp³-hybridized carbons (Fsp3) is 0.397. The highest BCUT2D eigenvalue weighted by Gasteiger charge is 2.36. The molecule has 3 heterocycles. The third kappa shape index (κ3) is 15.3. The van der Waals surface area contributed by atoms with Crippen molar-refractivity contribution in [3.05, 3.63) is 135 Å². The number of fused-ring (bicyclic) bond motifs is 5. The Morgan fingerprint density at radius 3 is 2.07 bits per heavy atom. The van der Waals surface area contributed by atoms with Gasteiger partial charge < -0.3 is 29.0 Å². The standard InChI is InChI=1S/C50H51N5O8S2.4C2H6/c1-5-34-12-6-8-14-42(34)54-31-53-41-27-47(44(59-2)24-38(41)49(54)57)63-30-33-20-32(21-37(22-33)61-18-11-10-16-48(56)51-17-19-65-64-4)29-62-46-26-40-39(25-45(46)60-3)50(58)55-36(28-52-40)23-35-13-7-9-15-43(35)55;4*1-2/h6-9,12-15,20-22,24-28,31,36H,5,10-11,16-19,23,29-30H2,1-4H3,(H,51,56);4*1-2H3/t36-;;;;/m0..../s1. The van der Waals surface area contributed by atoms with Crippen molar-refractivity contribution >= 4 is 61.9 Å². The Morgan fingerprint density at radius 2 is 1.40 bits per heavy atom. The lowest BCUT2D eigenvalue weighted by atomic mass is 10.1. The number of nitrogens with zero attached hydrogens (tertiary/aromatic N) is 4. The number of carbonyl (C=O) groups is 2. The summed E-state index contributed by atoms with van der Waals surface area (Å²) in [6.45, 7) is 19.4. The van der Waals surface area contributed by atoms with Gasteiger partial charge in [0.25, 0.3) is 11.5 Å². The molecule has 0 bridgehead atoms. The number of hydrogen-bond donors (Lipinski definition) is 1. The van der Waals surface area contributed by atoms with Crippen LogP contribution in [0.15, 0.2) is 107 Å². The van der Waals surface area contributed by atoms with Crippen LogP contribution in [0, 0.1) is 0 Å². The Balaban J connectivity index is 0.00000138. The van der Waals surface area contributed by atoms with Gasteiger partial charge in [0.1, 0.15) is 25.3 Å². The van der Waals surface area contributed by atoms with E-state index in [0.29, 0.717) is 89.7 Å². The Kier molecular flexibility index (Phi) is 25.3. The van der Waals surface area contributed by atoms with E-state index in [9.17, 15) is 14.4 Å². The first-order chi connectivity index (χ1) is 35.8. The van der Waals surface area contributed by atoms with Gasteiger partial charge in [0.05, 0.1) is 54.7 Å². The highest BCUT2D eigenvalue weighted by molar-refractivity contribution is 8.76. The van der Waals surface area contributed by atoms with Gasteiger partial charge in [-0.25, -0.2) is 4.98 Å². The summed E-state index contributed by atoms with van der Waals surface area (Å²) in [5, 5.41) is 3.37. The molecule has 1 N–H and O–H groups in total. The lowest BCUT2D eigenvalue weighted by Crippen LogP contribution is -2.37. The van der Waals surface area contributed by atoms with Crippen LogP contribution < -0.4 is 39.5 Å². The first-order valence-electron chi connectivity index (χ1n) is 25.6. The molecule has 0 saturated heterocycles. The molecule has 15 heteroatoms. The first kappa shape index (κ1) is 59.1. The largest absolute Gasteiger partial charge is 0.494 e. The average Bonchev–Trinajstić information content (AvgIpc) is 3.76. The summed E-state index contributed by atoms with van der Waals surface area (Å²) in [7, 11) is 6.48. The van der Waals surface area contributed by atoms with Crippen LogP contribution in [-0.2, 0) is 30.8 Å². The highest BCUT2D eigenvalue weighted by atomic mass is 33.1. The second kappa shape index (κ2) is 31.2. The topological polar surface area (TPSA) is 143 Å². The lowest BCUT2D eigenvalue weighted by Gasteiger charge is -2.22. The molecule has 0 radical (unpaired) electrons. The van der Waals surface area contributed by atoms with E-state index in [2.05, 4.69) is 17.2 Å². The molecule has 6 aromatic rings. The number of nitrogens with one attached hydrogen (secondary N) is 1. The van der Waals surface area contributed by atoms with Gasteiger partial charge in [0, 0.05) is 49.2 Å². The Bertz CT molecular complexity index is 2800. The molecule has 0 fully saturated rings. The summed E-state index contributed by atoms with van der Waals surface area (Å²) >= 11 is 0. The van der Waals surface area contributed by atoms with Crippen LogP contribution in [0.1, 0.15) is 114 Å². The van der Waals surface area contributed by atoms with Crippen molar-refractivity contribution in [2.45, 2.75) is 114 Å². The van der Waals surface area contributed by atoms with Crippen LogP contribution in [0.5, 0.6) is 28.7 Å². The van der Waals surface area contributed by atoms with E-state index in [1.807, 2.05) is 135 Å². The molecule has 2 amide bonds. The minimum atomic E-state index is -0.211. The van der Waals surface area contributed by atoms with Crippen molar-refractivity contribution in [3.8, 4) is 34.4 Å². The number of anilines is 1. The molecule has 0 aliphatic carbocycles. The Hall–Kier alpha value is -6.45. The van der Waals surface area contributed by atoms with E-state index in [1.165, 1.54) is 7.11 Å². The van der Waals surface area contributed by atoms with E-state index >= 15 is 0 Å². The minimum Gasteiger partial charge on any atom is -0.494 e. The van der Waals surface area contributed by atoms with Gasteiger partial charge in [0.2, 0.25) is 5.91 Å². The predicted molar refractivity (Wildman–Crippen MR) is 304 cm³/mol. The third-order valence-corrected chi connectivity index (χ3v) is 13.1. The zero-order valence-corrected chi connectivity index (χ0v) is 46.5. The summed E-state index contributed by atoms with van der Waals surface area (Å²) in [6.07, 6.45) is 8.64. The number of aliphatic imine (C=N–C) groups is 1. The number of unbranched alkanes of at least 4 members (excludes halogenated alkanes) is 1. The third-order valence-electron chi connectivity index (χ3n) is 11.3. The maximum atomic E-state index is 14.0. The van der Waals surface area contributed by atoms with Crippen molar-refractivity contribution < 1.29 is 33.3 Å². The molecule has 2 aliphatic rings. The summed E-state index contributed by atoms with van der Waals surface area (Å²) < 4.78 is 32.1. The number of aromatic nitrogens is 2. The maximum Gasteiger partial charge on any atom is 0.265 e. The van der Waals surface area contributed by atoms with Gasteiger partial charge in [-0.3, -0.25) is 28.8 Å². The number of rotatable bonds is 20. The normalized spacial score (nSPS) is 12.6. The van der Waals surface area contributed by atoms with Crippen LogP contribution >= 0.6 is 21.6 Å². The molecule has 73 heavy (non-hydrogen) atoms. The SMILES string of the molecule is CC.CC.CC.CC.CCc1ccccc1-n1cnc2cc(OCc3cc(COc4cc5c(cc4OC)C(=O)N4c6ccccc6C[C@H]4C=N5)cc(OCCCCC(=O)NCCSSC)c3)c(OC)cc2c1=O. The summed E-state index contributed by atoms with van der Waals surface area (Å²) in [4.78, 5) is 51.3. The maximum absolute atomic E-state index is 14.0. The molecule has 8 rings (SSSR count). The first-order valence-corrected chi connectivity index (χ1v) is 28.3.